The zero-order valence-corrected chi connectivity index (χ0v) is 15.0. The van der Waals surface area contributed by atoms with E-state index in [1.807, 2.05) is 37.3 Å². The second kappa shape index (κ2) is 7.67. The molecule has 0 amide bonds. The molecule has 0 radical (unpaired) electrons. The molecule has 0 bridgehead atoms. The fourth-order valence-electron chi connectivity index (χ4n) is 2.81. The van der Waals surface area contributed by atoms with Gasteiger partial charge in [-0.1, -0.05) is 42.4 Å². The van der Waals surface area contributed by atoms with Gasteiger partial charge >= 0.3 is 0 Å². The molecule has 0 spiro atoms. The van der Waals surface area contributed by atoms with E-state index in [0.29, 0.717) is 24.0 Å². The number of hydrogen-bond acceptors (Lipinski definition) is 7. The highest BCUT2D eigenvalue weighted by molar-refractivity contribution is 5.46. The minimum absolute atomic E-state index is 0.238. The monoisotopic (exact) mass is 385 g/mol. The van der Waals surface area contributed by atoms with Crippen LogP contribution in [0.3, 0.4) is 0 Å². The zero-order chi connectivity index (χ0) is 19.5. The smallest absolute Gasteiger partial charge is 0.299 e. The molecule has 0 aliphatic heterocycles. The van der Waals surface area contributed by atoms with E-state index in [0.717, 1.165) is 16.5 Å². The quantitative estimate of drug-likeness (QED) is 0.519. The third-order valence-electron chi connectivity index (χ3n) is 4.11. The van der Waals surface area contributed by atoms with E-state index in [-0.39, 0.29) is 5.65 Å². The predicted molar refractivity (Wildman–Crippen MR) is 95.9 cm³/mol. The number of halogens is 2. The van der Waals surface area contributed by atoms with Crippen LogP contribution in [0.2, 0.25) is 0 Å². The second-order valence-electron chi connectivity index (χ2n) is 6.13. The molecule has 0 saturated heterocycles. The van der Waals surface area contributed by atoms with Gasteiger partial charge in [0.25, 0.3) is 6.43 Å². The molecule has 0 aliphatic rings. The van der Waals surface area contributed by atoms with Crippen molar-refractivity contribution in [1.29, 1.82) is 0 Å². The van der Waals surface area contributed by atoms with E-state index in [4.69, 9.17) is 4.52 Å². The molecule has 3 heterocycles. The number of nitrogens with zero attached hydrogens (tertiary/aromatic N) is 6. The fraction of sp³-hybridized carbons (Fsp3) is 0.278. The largest absolute Gasteiger partial charge is 0.355 e. The summed E-state index contributed by atoms with van der Waals surface area (Å²) in [5, 5.41) is 18.7. The first-order chi connectivity index (χ1) is 13.7. The van der Waals surface area contributed by atoms with Crippen LogP contribution in [0, 0.1) is 0 Å². The molecule has 1 N–H and O–H groups in total. The van der Waals surface area contributed by atoms with Crippen LogP contribution in [0.25, 0.3) is 5.65 Å². The number of nitrogens with one attached hydrogen (secondary N) is 1. The van der Waals surface area contributed by atoms with Crippen LogP contribution in [0.1, 0.15) is 48.9 Å². The summed E-state index contributed by atoms with van der Waals surface area (Å²) in [4.78, 5) is 4.45. The lowest BCUT2D eigenvalue weighted by atomic mass is 10.1. The van der Waals surface area contributed by atoms with E-state index in [1.165, 1.54) is 0 Å². The molecule has 4 aromatic rings. The van der Waals surface area contributed by atoms with Gasteiger partial charge in [0.15, 0.2) is 11.5 Å². The summed E-state index contributed by atoms with van der Waals surface area (Å²) in [6.45, 7) is 2.02. The van der Waals surface area contributed by atoms with Crippen LogP contribution in [-0.2, 0) is 6.42 Å². The van der Waals surface area contributed by atoms with Gasteiger partial charge in [0.2, 0.25) is 11.7 Å². The van der Waals surface area contributed by atoms with Crippen LogP contribution < -0.4 is 5.32 Å². The van der Waals surface area contributed by atoms with E-state index < -0.39 is 18.3 Å². The summed E-state index contributed by atoms with van der Waals surface area (Å²) in [6, 6.07) is 12.2. The number of rotatable bonds is 7. The molecule has 3 aromatic heterocycles. The number of alkyl halides is 2. The van der Waals surface area contributed by atoms with Crippen LogP contribution in [0.4, 0.5) is 14.6 Å². The SMILES string of the molecule is CCCc1nc(C(Nc2ccc3nnc(C(F)F)n3n2)c2ccccc2)no1. The Bertz CT molecular complexity index is 1060. The summed E-state index contributed by atoms with van der Waals surface area (Å²) in [7, 11) is 0. The van der Waals surface area contributed by atoms with Crippen molar-refractivity contribution in [2.75, 3.05) is 5.32 Å². The molecule has 0 aliphatic carbocycles. The average Bonchev–Trinajstić information content (AvgIpc) is 3.34. The molecular formula is C18H17F2N7O. The first-order valence-corrected chi connectivity index (χ1v) is 8.80. The lowest BCUT2D eigenvalue weighted by molar-refractivity contribution is 0.137. The van der Waals surface area contributed by atoms with Crippen molar-refractivity contribution in [3.63, 3.8) is 0 Å². The molecular weight excluding hydrogens is 368 g/mol. The van der Waals surface area contributed by atoms with Crippen LogP contribution in [0.5, 0.6) is 0 Å². The highest BCUT2D eigenvalue weighted by atomic mass is 19.3. The number of hydrogen-bond donors (Lipinski definition) is 1. The van der Waals surface area contributed by atoms with Gasteiger partial charge in [-0.2, -0.15) is 9.50 Å². The highest BCUT2D eigenvalue weighted by Crippen LogP contribution is 2.25. The van der Waals surface area contributed by atoms with Crippen molar-refractivity contribution in [2.45, 2.75) is 32.2 Å². The normalized spacial score (nSPS) is 12.6. The Balaban J connectivity index is 1.71. The van der Waals surface area contributed by atoms with Crippen molar-refractivity contribution in [2.24, 2.45) is 0 Å². The van der Waals surface area contributed by atoms with Crippen molar-refractivity contribution in [1.82, 2.24) is 30.0 Å². The van der Waals surface area contributed by atoms with Gasteiger partial charge < -0.3 is 9.84 Å². The molecule has 144 valence electrons. The Kier molecular flexibility index (Phi) is 4.92. The molecule has 28 heavy (non-hydrogen) atoms. The van der Waals surface area contributed by atoms with Crippen LogP contribution in [0.15, 0.2) is 47.0 Å². The van der Waals surface area contributed by atoms with Crippen molar-refractivity contribution >= 4 is 11.5 Å². The summed E-state index contributed by atoms with van der Waals surface area (Å²) in [6.07, 6.45) is -1.22. The molecule has 8 nitrogen and oxygen atoms in total. The predicted octanol–water partition coefficient (Wildman–Crippen LogP) is 3.60. The van der Waals surface area contributed by atoms with Crippen molar-refractivity contribution in [3.05, 3.63) is 65.6 Å². The van der Waals surface area contributed by atoms with E-state index in [2.05, 4.69) is 30.8 Å². The number of aromatic nitrogens is 6. The highest BCUT2D eigenvalue weighted by Gasteiger charge is 2.22. The number of aryl methyl sites for hydroxylation is 1. The number of fused-ring (bicyclic) bond motifs is 1. The summed E-state index contributed by atoms with van der Waals surface area (Å²) < 4.78 is 32.6. The first kappa shape index (κ1) is 18.0. The average molecular weight is 385 g/mol. The molecule has 1 aromatic carbocycles. The maximum atomic E-state index is 13.1. The fourth-order valence-corrected chi connectivity index (χ4v) is 2.81. The minimum Gasteiger partial charge on any atom is -0.355 e. The summed E-state index contributed by atoms with van der Waals surface area (Å²) >= 11 is 0. The van der Waals surface area contributed by atoms with Gasteiger partial charge in [-0.25, -0.2) is 8.78 Å². The summed E-state index contributed by atoms with van der Waals surface area (Å²) in [5.41, 5.74) is 1.12. The topological polar surface area (TPSA) is 94.0 Å². The van der Waals surface area contributed by atoms with Gasteiger partial charge in [0.05, 0.1) is 0 Å². The van der Waals surface area contributed by atoms with Gasteiger partial charge in [0.1, 0.15) is 11.9 Å². The first-order valence-electron chi connectivity index (χ1n) is 8.80. The van der Waals surface area contributed by atoms with E-state index >= 15 is 0 Å². The lowest BCUT2D eigenvalue weighted by Gasteiger charge is -2.16. The standard InChI is InChI=1S/C18H17F2N7O/c1-2-6-14-22-17(26-28-14)15(11-7-4-3-5-8-11)21-12-9-10-13-23-24-18(16(19)20)27(13)25-12/h3-5,7-10,15-16H,2,6H2,1H3,(H,21,25). The van der Waals surface area contributed by atoms with Gasteiger partial charge in [0, 0.05) is 6.42 Å². The molecule has 1 atom stereocenters. The zero-order valence-electron chi connectivity index (χ0n) is 15.0. The Morgan fingerprint density at radius 2 is 1.93 bits per heavy atom. The van der Waals surface area contributed by atoms with Gasteiger partial charge in [-0.3, -0.25) is 0 Å². The number of benzene rings is 1. The molecule has 0 saturated carbocycles. The second-order valence-corrected chi connectivity index (χ2v) is 6.13. The van der Waals surface area contributed by atoms with E-state index in [9.17, 15) is 8.78 Å². The van der Waals surface area contributed by atoms with E-state index in [1.54, 1.807) is 12.1 Å². The maximum Gasteiger partial charge on any atom is 0.299 e. The minimum atomic E-state index is -2.78. The Morgan fingerprint density at radius 3 is 2.68 bits per heavy atom. The molecule has 10 heteroatoms. The third kappa shape index (κ3) is 3.53. The third-order valence-corrected chi connectivity index (χ3v) is 4.11. The summed E-state index contributed by atoms with van der Waals surface area (Å²) in [5.74, 6) is 0.821. The molecule has 0 fully saturated rings. The lowest BCUT2D eigenvalue weighted by Crippen LogP contribution is -2.16. The molecule has 4 rings (SSSR count). The Morgan fingerprint density at radius 1 is 1.11 bits per heavy atom. The van der Waals surface area contributed by atoms with Crippen molar-refractivity contribution < 1.29 is 13.3 Å². The van der Waals surface area contributed by atoms with Gasteiger partial charge in [-0.15, -0.1) is 15.3 Å². The van der Waals surface area contributed by atoms with Crippen LogP contribution >= 0.6 is 0 Å². The number of anilines is 1. The van der Waals surface area contributed by atoms with Crippen LogP contribution in [-0.4, -0.2) is 30.0 Å². The van der Waals surface area contributed by atoms with Crippen molar-refractivity contribution in [3.8, 4) is 0 Å². The molecule has 1 unspecified atom stereocenters. The Labute approximate surface area is 158 Å². The maximum absolute atomic E-state index is 13.1. The Hall–Kier alpha value is -3.43. The van der Waals surface area contributed by atoms with Gasteiger partial charge in [-0.05, 0) is 24.1 Å².